The van der Waals surface area contributed by atoms with E-state index in [2.05, 4.69) is 54.0 Å². The van der Waals surface area contributed by atoms with E-state index in [9.17, 15) is 4.39 Å². The number of benzene rings is 2. The van der Waals surface area contributed by atoms with Crippen molar-refractivity contribution < 1.29 is 8.96 Å². The molecule has 1 aromatic heterocycles. The fraction of sp³-hybridized carbons (Fsp3) is 0.105. The summed E-state index contributed by atoms with van der Waals surface area (Å²) >= 11 is 0. The van der Waals surface area contributed by atoms with Crippen molar-refractivity contribution in [1.82, 2.24) is 0 Å². The van der Waals surface area contributed by atoms with Crippen molar-refractivity contribution in [1.29, 1.82) is 0 Å². The van der Waals surface area contributed by atoms with Gasteiger partial charge in [-0.2, -0.15) is 4.57 Å². The Hall–Kier alpha value is -2.48. The van der Waals surface area contributed by atoms with Crippen LogP contribution in [0.1, 0.15) is 18.2 Å². The second-order valence-corrected chi connectivity index (χ2v) is 4.95. The molecule has 0 unspecified atom stereocenters. The second-order valence-electron chi connectivity index (χ2n) is 4.95. The maximum absolute atomic E-state index is 12.9. The van der Waals surface area contributed by atoms with E-state index in [1.807, 2.05) is 6.08 Å². The van der Waals surface area contributed by atoms with Gasteiger partial charge in [-0.05, 0) is 42.8 Å². The van der Waals surface area contributed by atoms with E-state index in [0.717, 1.165) is 17.8 Å². The number of aromatic nitrogens is 1. The van der Waals surface area contributed by atoms with Crippen LogP contribution in [0.4, 0.5) is 4.39 Å². The molecular weight excluding hydrogens is 261 g/mol. The van der Waals surface area contributed by atoms with Crippen molar-refractivity contribution in [2.45, 2.75) is 13.5 Å². The summed E-state index contributed by atoms with van der Waals surface area (Å²) in [7, 11) is 0. The van der Waals surface area contributed by atoms with Gasteiger partial charge in [0.05, 0.1) is 0 Å². The fourth-order valence-electron chi connectivity index (χ4n) is 2.53. The highest BCUT2D eigenvalue weighted by Crippen LogP contribution is 2.13. The molecule has 104 valence electrons. The highest BCUT2D eigenvalue weighted by Gasteiger charge is 2.10. The molecule has 3 aromatic rings. The number of nitrogens with zero attached hydrogens (tertiary/aromatic N) is 1. The quantitative estimate of drug-likeness (QED) is 0.623. The molecule has 0 aliphatic heterocycles. The summed E-state index contributed by atoms with van der Waals surface area (Å²) < 4.78 is 15.2. The van der Waals surface area contributed by atoms with E-state index in [1.165, 1.54) is 23.0 Å². The summed E-state index contributed by atoms with van der Waals surface area (Å²) in [5.41, 5.74) is 3.36. The molecule has 0 spiro atoms. The van der Waals surface area contributed by atoms with Crippen molar-refractivity contribution in [3.05, 3.63) is 77.7 Å². The summed E-state index contributed by atoms with van der Waals surface area (Å²) in [6, 6.07) is 19.1. The molecule has 0 bridgehead atoms. The van der Waals surface area contributed by atoms with Crippen LogP contribution in [0, 0.1) is 5.82 Å². The third kappa shape index (κ3) is 2.84. The average molecular weight is 278 g/mol. The highest BCUT2D eigenvalue weighted by molar-refractivity contribution is 5.77. The Bertz CT molecular complexity index is 788. The maximum atomic E-state index is 12.9. The molecule has 0 amide bonds. The van der Waals surface area contributed by atoms with Gasteiger partial charge in [-0.15, -0.1) is 0 Å². The number of halogens is 1. The first-order valence-corrected chi connectivity index (χ1v) is 7.13. The van der Waals surface area contributed by atoms with E-state index in [4.69, 9.17) is 0 Å². The molecule has 0 radical (unpaired) electrons. The Kier molecular flexibility index (Phi) is 3.78. The molecule has 0 saturated carbocycles. The Balaban J connectivity index is 2.02. The number of fused-ring (bicyclic) bond motifs is 1. The molecule has 0 fully saturated rings. The predicted molar refractivity (Wildman–Crippen MR) is 85.1 cm³/mol. The minimum Gasteiger partial charge on any atom is -0.207 e. The van der Waals surface area contributed by atoms with E-state index >= 15 is 0 Å². The highest BCUT2D eigenvalue weighted by atomic mass is 19.1. The minimum absolute atomic E-state index is 0.207. The van der Waals surface area contributed by atoms with Gasteiger partial charge < -0.3 is 0 Å². The maximum Gasteiger partial charge on any atom is 0.212 e. The number of para-hydroxylation sites is 1. The van der Waals surface area contributed by atoms with E-state index in [0.29, 0.717) is 0 Å². The van der Waals surface area contributed by atoms with E-state index < -0.39 is 0 Å². The second kappa shape index (κ2) is 5.88. The summed E-state index contributed by atoms with van der Waals surface area (Å²) in [6.45, 7) is 3.05. The van der Waals surface area contributed by atoms with Crippen LogP contribution >= 0.6 is 0 Å². The first-order chi connectivity index (χ1) is 10.3. The predicted octanol–water partition coefficient (Wildman–Crippen LogP) is 4.46. The number of rotatable bonds is 3. The third-order valence-electron chi connectivity index (χ3n) is 3.61. The van der Waals surface area contributed by atoms with Crippen molar-refractivity contribution >= 4 is 23.1 Å². The van der Waals surface area contributed by atoms with Gasteiger partial charge in [0.15, 0.2) is 0 Å². The minimum atomic E-state index is -0.207. The zero-order valence-electron chi connectivity index (χ0n) is 12.0. The molecule has 2 heteroatoms. The van der Waals surface area contributed by atoms with E-state index in [-0.39, 0.29) is 5.82 Å². The average Bonchev–Trinajstić information content (AvgIpc) is 2.53. The standard InChI is InChI=1S/C19H17FN/c1-2-21-18(13-9-15-7-11-17(20)12-8-15)14-10-16-5-3-4-6-19(16)21/h3-14H,2H2,1H3/q+1/b13-9+. The van der Waals surface area contributed by atoms with Crippen molar-refractivity contribution in [3.63, 3.8) is 0 Å². The molecule has 21 heavy (non-hydrogen) atoms. The summed E-state index contributed by atoms with van der Waals surface area (Å²) in [4.78, 5) is 0. The number of hydrogen-bond donors (Lipinski definition) is 0. The molecule has 3 rings (SSSR count). The van der Waals surface area contributed by atoms with Crippen molar-refractivity contribution in [2.75, 3.05) is 0 Å². The van der Waals surface area contributed by atoms with Gasteiger partial charge in [0.1, 0.15) is 12.4 Å². The van der Waals surface area contributed by atoms with Gasteiger partial charge in [0, 0.05) is 23.6 Å². The van der Waals surface area contributed by atoms with Gasteiger partial charge in [-0.25, -0.2) is 4.39 Å². The van der Waals surface area contributed by atoms with Crippen molar-refractivity contribution in [3.8, 4) is 0 Å². The Labute approximate surface area is 124 Å². The largest absolute Gasteiger partial charge is 0.212 e. The summed E-state index contributed by atoms with van der Waals surface area (Å²) in [5.74, 6) is -0.207. The number of aryl methyl sites for hydroxylation is 1. The van der Waals surface area contributed by atoms with Crippen LogP contribution in [0.2, 0.25) is 0 Å². The molecule has 1 heterocycles. The fourth-order valence-corrected chi connectivity index (χ4v) is 2.53. The van der Waals surface area contributed by atoms with Crippen molar-refractivity contribution in [2.24, 2.45) is 0 Å². The SMILES string of the molecule is CC[n+]1c(/C=C/c2ccc(F)cc2)ccc2ccccc21. The lowest BCUT2D eigenvalue weighted by Gasteiger charge is -2.02. The van der Waals surface area contributed by atoms with Crippen LogP contribution in [0.5, 0.6) is 0 Å². The molecule has 0 saturated heterocycles. The molecule has 0 aliphatic carbocycles. The van der Waals surface area contributed by atoms with Gasteiger partial charge in [-0.1, -0.05) is 24.3 Å². The molecule has 0 aliphatic rings. The van der Waals surface area contributed by atoms with Crippen LogP contribution in [-0.4, -0.2) is 0 Å². The van der Waals surface area contributed by atoms with Crippen LogP contribution in [-0.2, 0) is 6.54 Å². The van der Waals surface area contributed by atoms with Gasteiger partial charge in [-0.3, -0.25) is 0 Å². The molecule has 0 N–H and O–H groups in total. The molecule has 2 aromatic carbocycles. The number of pyridine rings is 1. The van der Waals surface area contributed by atoms with Gasteiger partial charge >= 0.3 is 0 Å². The first kappa shape index (κ1) is 13.5. The van der Waals surface area contributed by atoms with E-state index in [1.54, 1.807) is 12.1 Å². The first-order valence-electron chi connectivity index (χ1n) is 7.13. The normalized spacial score (nSPS) is 11.3. The molecular formula is C19H17FN+. The lowest BCUT2D eigenvalue weighted by atomic mass is 10.1. The van der Waals surface area contributed by atoms with Crippen LogP contribution in [0.25, 0.3) is 23.1 Å². The summed E-state index contributed by atoms with van der Waals surface area (Å²) in [6.07, 6.45) is 4.08. The topological polar surface area (TPSA) is 3.88 Å². The Morgan fingerprint density at radius 2 is 1.67 bits per heavy atom. The lowest BCUT2D eigenvalue weighted by molar-refractivity contribution is -0.669. The van der Waals surface area contributed by atoms with Crippen LogP contribution in [0.15, 0.2) is 60.7 Å². The molecule has 0 atom stereocenters. The number of hydrogen-bond acceptors (Lipinski definition) is 0. The molecule has 1 nitrogen and oxygen atoms in total. The zero-order valence-corrected chi connectivity index (χ0v) is 12.0. The Morgan fingerprint density at radius 1 is 0.905 bits per heavy atom. The third-order valence-corrected chi connectivity index (χ3v) is 3.61. The van der Waals surface area contributed by atoms with Gasteiger partial charge in [0.2, 0.25) is 11.2 Å². The van der Waals surface area contributed by atoms with Gasteiger partial charge in [0.25, 0.3) is 0 Å². The monoisotopic (exact) mass is 278 g/mol. The van der Waals surface area contributed by atoms with Crippen LogP contribution < -0.4 is 4.57 Å². The van der Waals surface area contributed by atoms with Crippen LogP contribution in [0.3, 0.4) is 0 Å². The smallest absolute Gasteiger partial charge is 0.207 e. The Morgan fingerprint density at radius 3 is 2.43 bits per heavy atom. The zero-order chi connectivity index (χ0) is 14.7. The lowest BCUT2D eigenvalue weighted by Crippen LogP contribution is -2.36. The summed E-state index contributed by atoms with van der Waals surface area (Å²) in [5, 5.41) is 1.23.